The van der Waals surface area contributed by atoms with Gasteiger partial charge >= 0.3 is 0 Å². The summed E-state index contributed by atoms with van der Waals surface area (Å²) in [6.07, 6.45) is 2.83. The van der Waals surface area contributed by atoms with Crippen LogP contribution in [0.3, 0.4) is 0 Å². The van der Waals surface area contributed by atoms with Crippen LogP contribution in [0.5, 0.6) is 0 Å². The highest BCUT2D eigenvalue weighted by Crippen LogP contribution is 2.28. The van der Waals surface area contributed by atoms with Gasteiger partial charge in [0.1, 0.15) is 0 Å². The van der Waals surface area contributed by atoms with Crippen molar-refractivity contribution in [3.05, 3.63) is 0 Å². The minimum atomic E-state index is 0.298. The number of nitrogens with zero attached hydrogens (tertiary/aromatic N) is 2. The molecule has 0 heterocycles. The quantitative estimate of drug-likeness (QED) is 0.691. The molecule has 15 heavy (non-hydrogen) atoms. The second-order valence-electron chi connectivity index (χ2n) is 6.16. The molecule has 1 aliphatic rings. The van der Waals surface area contributed by atoms with Gasteiger partial charge in [0.25, 0.3) is 0 Å². The molecule has 0 aromatic rings. The van der Waals surface area contributed by atoms with Crippen molar-refractivity contribution >= 4 is 0 Å². The van der Waals surface area contributed by atoms with E-state index in [0.717, 1.165) is 6.04 Å². The monoisotopic (exact) mass is 212 g/mol. The molecule has 0 spiro atoms. The van der Waals surface area contributed by atoms with Gasteiger partial charge in [0, 0.05) is 30.7 Å². The normalized spacial score (nSPS) is 18.2. The standard InChI is InChI=1S/C13H28N2/c1-11(2)15(12-7-8-12)10-9-14(6)13(3,4)5/h11-12H,7-10H2,1-6H3. The molecule has 0 aromatic heterocycles. The fourth-order valence-electron chi connectivity index (χ4n) is 1.87. The Morgan fingerprint density at radius 3 is 2.00 bits per heavy atom. The van der Waals surface area contributed by atoms with Crippen molar-refractivity contribution in [2.24, 2.45) is 0 Å². The third-order valence-corrected chi connectivity index (χ3v) is 3.52. The first-order chi connectivity index (χ1) is 6.82. The molecular weight excluding hydrogens is 184 g/mol. The lowest BCUT2D eigenvalue weighted by Gasteiger charge is -2.35. The molecule has 0 atom stereocenters. The molecule has 0 unspecified atom stereocenters. The largest absolute Gasteiger partial charge is 0.300 e. The lowest BCUT2D eigenvalue weighted by atomic mass is 10.1. The minimum Gasteiger partial charge on any atom is -0.300 e. The first kappa shape index (κ1) is 13.0. The lowest BCUT2D eigenvalue weighted by molar-refractivity contribution is 0.128. The van der Waals surface area contributed by atoms with Gasteiger partial charge in [-0.05, 0) is 54.5 Å². The van der Waals surface area contributed by atoms with Crippen molar-refractivity contribution in [3.8, 4) is 0 Å². The van der Waals surface area contributed by atoms with Gasteiger partial charge < -0.3 is 4.90 Å². The van der Waals surface area contributed by atoms with E-state index in [9.17, 15) is 0 Å². The van der Waals surface area contributed by atoms with E-state index < -0.39 is 0 Å². The van der Waals surface area contributed by atoms with Crippen molar-refractivity contribution in [1.82, 2.24) is 9.80 Å². The molecule has 0 amide bonds. The Hall–Kier alpha value is -0.0800. The Balaban J connectivity index is 2.33. The molecule has 0 aliphatic heterocycles. The molecule has 0 N–H and O–H groups in total. The molecule has 0 radical (unpaired) electrons. The molecule has 0 saturated heterocycles. The van der Waals surface area contributed by atoms with Crippen LogP contribution in [0, 0.1) is 0 Å². The maximum absolute atomic E-state index is 2.66. The van der Waals surface area contributed by atoms with Crippen LogP contribution in [-0.4, -0.2) is 47.6 Å². The summed E-state index contributed by atoms with van der Waals surface area (Å²) in [5, 5.41) is 0. The maximum atomic E-state index is 2.66. The molecule has 0 bridgehead atoms. The third-order valence-electron chi connectivity index (χ3n) is 3.52. The number of hydrogen-bond acceptors (Lipinski definition) is 2. The van der Waals surface area contributed by atoms with E-state index in [1.165, 1.54) is 25.9 Å². The summed E-state index contributed by atoms with van der Waals surface area (Å²) >= 11 is 0. The fraction of sp³-hybridized carbons (Fsp3) is 1.00. The fourth-order valence-corrected chi connectivity index (χ4v) is 1.87. The Bertz CT molecular complexity index is 187. The van der Waals surface area contributed by atoms with Gasteiger partial charge in [-0.2, -0.15) is 0 Å². The molecule has 1 rings (SSSR count). The summed E-state index contributed by atoms with van der Waals surface area (Å²) < 4.78 is 0. The van der Waals surface area contributed by atoms with Crippen LogP contribution in [0.25, 0.3) is 0 Å². The van der Waals surface area contributed by atoms with Crippen LogP contribution in [0.1, 0.15) is 47.5 Å². The van der Waals surface area contributed by atoms with Gasteiger partial charge in [0.2, 0.25) is 0 Å². The summed E-state index contributed by atoms with van der Waals surface area (Å²) in [4.78, 5) is 5.10. The van der Waals surface area contributed by atoms with Gasteiger partial charge in [0.15, 0.2) is 0 Å². The maximum Gasteiger partial charge on any atom is 0.0122 e. The molecule has 1 fully saturated rings. The van der Waals surface area contributed by atoms with Crippen molar-refractivity contribution in [2.75, 3.05) is 20.1 Å². The Morgan fingerprint density at radius 2 is 1.67 bits per heavy atom. The highest BCUT2D eigenvalue weighted by molar-refractivity contribution is 4.87. The van der Waals surface area contributed by atoms with Crippen LogP contribution in [0.15, 0.2) is 0 Å². The zero-order valence-corrected chi connectivity index (χ0v) is 11.4. The average Bonchev–Trinajstić information content (AvgIpc) is 2.85. The van der Waals surface area contributed by atoms with E-state index in [-0.39, 0.29) is 0 Å². The SMILES string of the molecule is CC(C)N(CCN(C)C(C)(C)C)C1CC1. The summed E-state index contributed by atoms with van der Waals surface area (Å²) in [5.41, 5.74) is 0.298. The highest BCUT2D eigenvalue weighted by atomic mass is 15.2. The second kappa shape index (κ2) is 4.84. The summed E-state index contributed by atoms with van der Waals surface area (Å²) in [6.45, 7) is 13.9. The third kappa shape index (κ3) is 4.12. The summed E-state index contributed by atoms with van der Waals surface area (Å²) in [6, 6.07) is 1.59. The van der Waals surface area contributed by atoms with Gasteiger partial charge in [-0.3, -0.25) is 4.90 Å². The second-order valence-corrected chi connectivity index (χ2v) is 6.16. The number of rotatable bonds is 5. The molecule has 0 aromatic carbocycles. The van der Waals surface area contributed by atoms with Gasteiger partial charge in [0.05, 0.1) is 0 Å². The molecule has 2 nitrogen and oxygen atoms in total. The molecule has 90 valence electrons. The lowest BCUT2D eigenvalue weighted by Crippen LogP contribution is -2.45. The summed E-state index contributed by atoms with van der Waals surface area (Å²) in [5.74, 6) is 0. The zero-order chi connectivity index (χ0) is 11.6. The van der Waals surface area contributed by atoms with Crippen molar-refractivity contribution in [2.45, 2.75) is 65.1 Å². The topological polar surface area (TPSA) is 6.48 Å². The molecule has 1 aliphatic carbocycles. The van der Waals surface area contributed by atoms with Gasteiger partial charge in [-0.25, -0.2) is 0 Å². The average molecular weight is 212 g/mol. The Kier molecular flexibility index (Phi) is 4.19. The predicted molar refractivity (Wildman–Crippen MR) is 67.2 cm³/mol. The molecule has 2 heteroatoms. The van der Waals surface area contributed by atoms with Crippen LogP contribution in [0.2, 0.25) is 0 Å². The Morgan fingerprint density at radius 1 is 1.13 bits per heavy atom. The van der Waals surface area contributed by atoms with Gasteiger partial charge in [-0.15, -0.1) is 0 Å². The van der Waals surface area contributed by atoms with Gasteiger partial charge in [-0.1, -0.05) is 0 Å². The van der Waals surface area contributed by atoms with E-state index in [4.69, 9.17) is 0 Å². The molecule has 1 saturated carbocycles. The van der Waals surface area contributed by atoms with Crippen molar-refractivity contribution < 1.29 is 0 Å². The van der Waals surface area contributed by atoms with Crippen molar-refractivity contribution in [1.29, 1.82) is 0 Å². The zero-order valence-electron chi connectivity index (χ0n) is 11.4. The van der Waals surface area contributed by atoms with Crippen LogP contribution >= 0.6 is 0 Å². The van der Waals surface area contributed by atoms with E-state index >= 15 is 0 Å². The summed E-state index contributed by atoms with van der Waals surface area (Å²) in [7, 11) is 2.23. The van der Waals surface area contributed by atoms with E-state index in [2.05, 4.69) is 51.5 Å². The predicted octanol–water partition coefficient (Wildman–Crippen LogP) is 2.59. The van der Waals surface area contributed by atoms with E-state index in [0.29, 0.717) is 11.6 Å². The highest BCUT2D eigenvalue weighted by Gasteiger charge is 2.30. The van der Waals surface area contributed by atoms with E-state index in [1.54, 1.807) is 0 Å². The van der Waals surface area contributed by atoms with E-state index in [1.807, 2.05) is 0 Å². The Labute approximate surface area is 95.6 Å². The number of likely N-dealkylation sites (N-methyl/N-ethyl adjacent to an activating group) is 1. The smallest absolute Gasteiger partial charge is 0.0122 e. The first-order valence-electron chi connectivity index (χ1n) is 6.29. The van der Waals surface area contributed by atoms with Crippen molar-refractivity contribution in [3.63, 3.8) is 0 Å². The van der Waals surface area contributed by atoms with Crippen LogP contribution < -0.4 is 0 Å². The minimum absolute atomic E-state index is 0.298. The first-order valence-corrected chi connectivity index (χ1v) is 6.29. The van der Waals surface area contributed by atoms with Crippen LogP contribution in [-0.2, 0) is 0 Å². The molecular formula is C13H28N2. The number of hydrogen-bond donors (Lipinski definition) is 0. The van der Waals surface area contributed by atoms with Crippen LogP contribution in [0.4, 0.5) is 0 Å².